The summed E-state index contributed by atoms with van der Waals surface area (Å²) in [6, 6.07) is 15.0. The van der Waals surface area contributed by atoms with Gasteiger partial charge in [0.25, 0.3) is 11.6 Å². The quantitative estimate of drug-likeness (QED) is 0.318. The van der Waals surface area contributed by atoms with E-state index in [-0.39, 0.29) is 49.5 Å². The van der Waals surface area contributed by atoms with E-state index < -0.39 is 35.4 Å². The fraction of sp³-hybridized carbons (Fsp3) is 0.100. The minimum absolute atomic E-state index is 0. The van der Waals surface area contributed by atoms with Crippen molar-refractivity contribution in [2.45, 2.75) is 12.4 Å². The van der Waals surface area contributed by atoms with Crippen LogP contribution in [-0.4, -0.2) is 34.1 Å². The second-order valence-corrected chi connectivity index (χ2v) is 5.52. The van der Waals surface area contributed by atoms with Crippen LogP contribution in [0.25, 0.3) is 11.5 Å². The third-order valence-corrected chi connectivity index (χ3v) is 3.23. The fourth-order valence-electron chi connectivity index (χ4n) is 1.80. The smallest absolute Gasteiger partial charge is 0.454 e. The first kappa shape index (κ1) is 28.3. The second-order valence-electron chi connectivity index (χ2n) is 5.52. The van der Waals surface area contributed by atoms with Crippen LogP contribution in [0.15, 0.2) is 72.8 Å². The predicted octanol–water partition coefficient (Wildman–Crippen LogP) is 5.43. The van der Waals surface area contributed by atoms with Gasteiger partial charge in [-0.2, -0.15) is 26.3 Å². The molecule has 0 atom stereocenters. The van der Waals surface area contributed by atoms with Crippen molar-refractivity contribution in [1.29, 1.82) is 0 Å². The maximum Gasteiger partial charge on any atom is 0.454 e. The van der Waals surface area contributed by atoms with Crippen LogP contribution in [0.2, 0.25) is 0 Å². The van der Waals surface area contributed by atoms with Crippen molar-refractivity contribution in [1.82, 2.24) is 0 Å². The first-order chi connectivity index (χ1) is 13.8. The molecular formula is C20H14F6O4Zr. The summed E-state index contributed by atoms with van der Waals surface area (Å²) in [5.41, 5.74) is 0.324. The third kappa shape index (κ3) is 10.3. The number of rotatable bonds is 4. The van der Waals surface area contributed by atoms with E-state index in [1.165, 1.54) is 48.5 Å². The van der Waals surface area contributed by atoms with Gasteiger partial charge in [0.15, 0.2) is 0 Å². The Kier molecular flexibility index (Phi) is 11.2. The summed E-state index contributed by atoms with van der Waals surface area (Å²) >= 11 is 0. The Morgan fingerprint density at radius 3 is 1.10 bits per heavy atom. The number of allylic oxidation sites excluding steroid dienone is 2. The Labute approximate surface area is 191 Å². The number of ketones is 2. The summed E-state index contributed by atoms with van der Waals surface area (Å²) in [4.78, 5) is 21.0. The number of hydrogen-bond acceptors (Lipinski definition) is 4. The molecule has 0 radical (unpaired) electrons. The minimum atomic E-state index is -4.96. The number of aliphatic hydroxyl groups is 2. The summed E-state index contributed by atoms with van der Waals surface area (Å²) in [6.45, 7) is 0. The zero-order valence-corrected chi connectivity index (χ0v) is 17.9. The summed E-state index contributed by atoms with van der Waals surface area (Å²) in [5.74, 6) is -5.55. The molecule has 2 N–H and O–H groups in total. The predicted molar refractivity (Wildman–Crippen MR) is 96.2 cm³/mol. The molecule has 0 unspecified atom stereocenters. The van der Waals surface area contributed by atoms with Gasteiger partial charge >= 0.3 is 12.4 Å². The van der Waals surface area contributed by atoms with Crippen LogP contribution in [0.5, 0.6) is 0 Å². The molecule has 0 spiro atoms. The molecular weight excluding hydrogens is 509 g/mol. The zero-order chi connectivity index (χ0) is 22.9. The van der Waals surface area contributed by atoms with Crippen LogP contribution in [0.3, 0.4) is 0 Å². The molecule has 2 aromatic rings. The molecule has 11 heteroatoms. The van der Waals surface area contributed by atoms with Crippen molar-refractivity contribution < 1.29 is 72.3 Å². The summed E-state index contributed by atoms with van der Waals surface area (Å²) < 4.78 is 70.9. The molecule has 0 bridgehead atoms. The van der Waals surface area contributed by atoms with Crippen molar-refractivity contribution >= 4 is 23.1 Å². The van der Waals surface area contributed by atoms with Crippen molar-refractivity contribution in [2.24, 2.45) is 0 Å². The van der Waals surface area contributed by atoms with Crippen molar-refractivity contribution in [2.75, 3.05) is 0 Å². The van der Waals surface area contributed by atoms with E-state index in [9.17, 15) is 46.1 Å². The molecule has 0 aliphatic rings. The summed E-state index contributed by atoms with van der Waals surface area (Å²) in [5, 5.41) is 18.4. The van der Waals surface area contributed by atoms with Crippen LogP contribution >= 0.6 is 0 Å². The number of halogens is 6. The van der Waals surface area contributed by atoms with Crippen LogP contribution in [0, 0.1) is 0 Å². The van der Waals surface area contributed by atoms with Gasteiger partial charge in [0, 0.05) is 49.5 Å². The van der Waals surface area contributed by atoms with Gasteiger partial charge in [0.2, 0.25) is 0 Å². The first-order valence-corrected chi connectivity index (χ1v) is 7.97. The van der Waals surface area contributed by atoms with Crippen molar-refractivity contribution in [3.63, 3.8) is 0 Å². The monoisotopic (exact) mass is 522 g/mol. The van der Waals surface area contributed by atoms with E-state index in [1.54, 1.807) is 12.1 Å². The van der Waals surface area contributed by atoms with Gasteiger partial charge in [-0.05, 0) is 0 Å². The average Bonchev–Trinajstić information content (AvgIpc) is 2.68. The summed E-state index contributed by atoms with van der Waals surface area (Å²) in [7, 11) is 0. The van der Waals surface area contributed by atoms with E-state index in [0.29, 0.717) is 0 Å². The maximum absolute atomic E-state index is 11.8. The first-order valence-electron chi connectivity index (χ1n) is 7.97. The molecule has 0 aliphatic heterocycles. The molecule has 4 nitrogen and oxygen atoms in total. The van der Waals surface area contributed by atoms with Crippen LogP contribution in [0.4, 0.5) is 26.3 Å². The topological polar surface area (TPSA) is 74.6 Å². The van der Waals surface area contributed by atoms with E-state index in [2.05, 4.69) is 0 Å². The molecule has 2 rings (SSSR count). The number of carbonyl (C=O) groups excluding carboxylic acids is 2. The zero-order valence-electron chi connectivity index (χ0n) is 15.4. The Bertz CT molecular complexity index is 843. The normalized spacial score (nSPS) is 12.2. The molecule has 0 amide bonds. The van der Waals surface area contributed by atoms with Gasteiger partial charge in [0.05, 0.1) is 0 Å². The van der Waals surface area contributed by atoms with Gasteiger partial charge < -0.3 is 10.2 Å². The third-order valence-electron chi connectivity index (χ3n) is 3.23. The Balaban J connectivity index is 0.000000562. The molecule has 2 aromatic carbocycles. The standard InChI is InChI=1S/2C10H7F3O2.Zr/c2*11-10(12,13)9(15)6-8(14)7-4-2-1-3-5-7;/h2*1-6,14H;/b2*8-6-;. The molecule has 0 fully saturated rings. The molecule has 0 aromatic heterocycles. The molecule has 164 valence electrons. The summed E-state index contributed by atoms with van der Waals surface area (Å²) in [6.07, 6.45) is -9.59. The molecule has 0 heterocycles. The molecule has 0 saturated heterocycles. The van der Waals surface area contributed by atoms with Gasteiger partial charge in [-0.25, -0.2) is 0 Å². The van der Waals surface area contributed by atoms with Crippen LogP contribution in [-0.2, 0) is 35.8 Å². The van der Waals surface area contributed by atoms with Gasteiger partial charge in [-0.1, -0.05) is 60.7 Å². The van der Waals surface area contributed by atoms with Crippen LogP contribution in [0.1, 0.15) is 11.1 Å². The SMILES string of the molecule is O=C(/C=C(\O)c1ccccc1)C(F)(F)F.O=C(/C=C(\O)c1ccccc1)C(F)(F)F.[Zr]. The fourth-order valence-corrected chi connectivity index (χ4v) is 1.80. The van der Waals surface area contributed by atoms with Gasteiger partial charge in [-0.3, -0.25) is 9.59 Å². The Morgan fingerprint density at radius 1 is 0.613 bits per heavy atom. The van der Waals surface area contributed by atoms with E-state index >= 15 is 0 Å². The van der Waals surface area contributed by atoms with Crippen molar-refractivity contribution in [3.05, 3.63) is 83.9 Å². The van der Waals surface area contributed by atoms with Gasteiger partial charge in [-0.15, -0.1) is 0 Å². The number of carbonyl (C=O) groups is 2. The maximum atomic E-state index is 11.8. The number of alkyl halides is 6. The molecule has 0 saturated carbocycles. The van der Waals surface area contributed by atoms with Crippen LogP contribution < -0.4 is 0 Å². The Hall–Kier alpha value is -2.68. The molecule has 31 heavy (non-hydrogen) atoms. The molecule has 0 aliphatic carbocycles. The largest absolute Gasteiger partial charge is 0.507 e. The van der Waals surface area contributed by atoms with E-state index in [1.807, 2.05) is 0 Å². The Morgan fingerprint density at radius 2 is 0.871 bits per heavy atom. The number of aliphatic hydroxyl groups excluding tert-OH is 2. The minimum Gasteiger partial charge on any atom is -0.507 e. The number of hydrogen-bond donors (Lipinski definition) is 2. The second kappa shape index (κ2) is 12.2. The van der Waals surface area contributed by atoms with E-state index in [0.717, 1.165) is 0 Å². The van der Waals surface area contributed by atoms with Gasteiger partial charge in [0.1, 0.15) is 11.5 Å². The number of benzene rings is 2. The van der Waals surface area contributed by atoms with E-state index in [4.69, 9.17) is 0 Å². The van der Waals surface area contributed by atoms with Crippen molar-refractivity contribution in [3.8, 4) is 0 Å². The average molecular weight is 524 g/mol.